The number of rotatable bonds is 6. The van der Waals surface area contributed by atoms with Crippen LogP contribution >= 0.6 is 0 Å². The second kappa shape index (κ2) is 7.23. The van der Waals surface area contributed by atoms with Crippen molar-refractivity contribution in [3.8, 4) is 0 Å². The number of nitrogens with zero attached hydrogens (tertiary/aromatic N) is 3. The number of benzene rings is 1. The van der Waals surface area contributed by atoms with Crippen LogP contribution in [0.2, 0.25) is 0 Å². The molecule has 132 valence electrons. The van der Waals surface area contributed by atoms with Gasteiger partial charge in [0, 0.05) is 61.3 Å². The SMILES string of the molecule is C=C(/C=N\NC)c1c[nH]c2ncc(C(=O)c3ccc(N(C)C)cc3)cc12. The molecule has 2 aromatic heterocycles. The topological polar surface area (TPSA) is 73.4 Å². The number of anilines is 1. The summed E-state index contributed by atoms with van der Waals surface area (Å²) in [4.78, 5) is 22.3. The average molecular weight is 347 g/mol. The highest BCUT2D eigenvalue weighted by Gasteiger charge is 2.14. The van der Waals surface area contributed by atoms with Crippen molar-refractivity contribution in [1.29, 1.82) is 0 Å². The molecule has 2 heterocycles. The number of nitrogens with one attached hydrogen (secondary N) is 2. The van der Waals surface area contributed by atoms with Gasteiger partial charge in [-0.2, -0.15) is 5.10 Å². The molecule has 6 heteroatoms. The number of H-pyrrole nitrogens is 1. The lowest BCUT2D eigenvalue weighted by atomic mass is 10.0. The van der Waals surface area contributed by atoms with Crippen LogP contribution in [0.4, 0.5) is 5.69 Å². The molecule has 26 heavy (non-hydrogen) atoms. The monoisotopic (exact) mass is 347 g/mol. The fourth-order valence-corrected chi connectivity index (χ4v) is 2.68. The molecule has 0 fully saturated rings. The van der Waals surface area contributed by atoms with Crippen LogP contribution in [0.3, 0.4) is 0 Å². The standard InChI is InChI=1S/C20H21N5O/c1-13(10-24-21-2)18-12-23-20-17(18)9-15(11-22-20)19(26)14-5-7-16(8-6-14)25(3)4/h5-12,21H,1H2,2-4H3,(H,22,23)/b24-10-. The van der Waals surface area contributed by atoms with Gasteiger partial charge in [0.05, 0.1) is 6.21 Å². The second-order valence-corrected chi connectivity index (χ2v) is 6.10. The van der Waals surface area contributed by atoms with Gasteiger partial charge in [-0.25, -0.2) is 4.98 Å². The molecule has 3 rings (SSSR count). The number of aromatic nitrogens is 2. The highest BCUT2D eigenvalue weighted by atomic mass is 16.1. The van der Waals surface area contributed by atoms with Crippen LogP contribution in [0, 0.1) is 0 Å². The molecule has 0 bridgehead atoms. The first kappa shape index (κ1) is 17.4. The lowest BCUT2D eigenvalue weighted by Gasteiger charge is -2.12. The van der Waals surface area contributed by atoms with Gasteiger partial charge in [-0.1, -0.05) is 6.58 Å². The number of fused-ring (bicyclic) bond motifs is 1. The second-order valence-electron chi connectivity index (χ2n) is 6.10. The van der Waals surface area contributed by atoms with E-state index in [1.54, 1.807) is 19.5 Å². The maximum absolute atomic E-state index is 12.8. The minimum absolute atomic E-state index is 0.0636. The molecule has 0 unspecified atom stereocenters. The lowest BCUT2D eigenvalue weighted by Crippen LogP contribution is -2.09. The Hall–Kier alpha value is -3.41. The van der Waals surface area contributed by atoms with Crippen LogP contribution < -0.4 is 10.3 Å². The van der Waals surface area contributed by atoms with Crippen molar-refractivity contribution in [2.75, 3.05) is 26.0 Å². The lowest BCUT2D eigenvalue weighted by molar-refractivity contribution is 0.103. The van der Waals surface area contributed by atoms with Gasteiger partial charge in [0.15, 0.2) is 5.78 Å². The molecule has 0 radical (unpaired) electrons. The van der Waals surface area contributed by atoms with E-state index in [2.05, 4.69) is 27.1 Å². The van der Waals surface area contributed by atoms with Crippen molar-refractivity contribution < 1.29 is 4.79 Å². The van der Waals surface area contributed by atoms with E-state index in [-0.39, 0.29) is 5.78 Å². The summed E-state index contributed by atoms with van der Waals surface area (Å²) in [6.45, 7) is 4.02. The van der Waals surface area contributed by atoms with Crippen LogP contribution in [-0.2, 0) is 0 Å². The van der Waals surface area contributed by atoms with Gasteiger partial charge in [-0.05, 0) is 35.9 Å². The van der Waals surface area contributed by atoms with E-state index in [0.29, 0.717) is 16.8 Å². The number of aromatic amines is 1. The third-order valence-electron chi connectivity index (χ3n) is 4.13. The fourth-order valence-electron chi connectivity index (χ4n) is 2.68. The van der Waals surface area contributed by atoms with Crippen LogP contribution in [0.1, 0.15) is 21.5 Å². The van der Waals surface area contributed by atoms with Crippen molar-refractivity contribution in [3.63, 3.8) is 0 Å². The third kappa shape index (κ3) is 3.35. The fraction of sp³-hybridized carbons (Fsp3) is 0.150. The molecule has 6 nitrogen and oxygen atoms in total. The van der Waals surface area contributed by atoms with Crippen molar-refractivity contribution in [2.24, 2.45) is 5.10 Å². The summed E-state index contributed by atoms with van der Waals surface area (Å²) in [7, 11) is 5.65. The molecule has 0 aliphatic carbocycles. The van der Waals surface area contributed by atoms with Crippen molar-refractivity contribution >= 4 is 34.3 Å². The Morgan fingerprint density at radius 1 is 1.27 bits per heavy atom. The number of carbonyl (C=O) groups excluding carboxylic acids is 1. The Morgan fingerprint density at radius 2 is 2.00 bits per heavy atom. The summed E-state index contributed by atoms with van der Waals surface area (Å²) in [6, 6.07) is 9.36. The zero-order valence-electron chi connectivity index (χ0n) is 15.1. The van der Waals surface area contributed by atoms with Crippen molar-refractivity contribution in [3.05, 3.63) is 66.0 Å². The number of allylic oxidation sites excluding steroid dienone is 1. The van der Waals surface area contributed by atoms with E-state index < -0.39 is 0 Å². The van der Waals surface area contributed by atoms with Crippen LogP contribution in [0.5, 0.6) is 0 Å². The Bertz CT molecular complexity index is 983. The number of hydrogen-bond donors (Lipinski definition) is 2. The molecule has 0 aliphatic rings. The van der Waals surface area contributed by atoms with E-state index >= 15 is 0 Å². The first-order chi connectivity index (χ1) is 12.5. The summed E-state index contributed by atoms with van der Waals surface area (Å²) in [6.07, 6.45) is 5.05. The van der Waals surface area contributed by atoms with E-state index in [0.717, 1.165) is 22.2 Å². The van der Waals surface area contributed by atoms with E-state index in [4.69, 9.17) is 0 Å². The summed E-state index contributed by atoms with van der Waals surface area (Å²) in [5.41, 5.74) is 7.21. The third-order valence-corrected chi connectivity index (χ3v) is 4.13. The number of hydrazone groups is 1. The zero-order chi connectivity index (χ0) is 18.7. The van der Waals surface area contributed by atoms with Crippen molar-refractivity contribution in [1.82, 2.24) is 15.4 Å². The van der Waals surface area contributed by atoms with E-state index in [9.17, 15) is 4.79 Å². The van der Waals surface area contributed by atoms with Gasteiger partial charge < -0.3 is 15.3 Å². The van der Waals surface area contributed by atoms with Crippen LogP contribution in [0.25, 0.3) is 16.6 Å². The molecule has 1 aromatic carbocycles. The van der Waals surface area contributed by atoms with Gasteiger partial charge in [0.2, 0.25) is 0 Å². The summed E-state index contributed by atoms with van der Waals surface area (Å²) in [5, 5.41) is 4.82. The minimum atomic E-state index is -0.0636. The number of hydrogen-bond acceptors (Lipinski definition) is 5. The summed E-state index contributed by atoms with van der Waals surface area (Å²) < 4.78 is 0. The Labute approximate surface area is 152 Å². The number of ketones is 1. The Balaban J connectivity index is 1.96. The highest BCUT2D eigenvalue weighted by Crippen LogP contribution is 2.24. The molecule has 0 spiro atoms. The van der Waals surface area contributed by atoms with Crippen LogP contribution in [-0.4, -0.2) is 43.1 Å². The average Bonchev–Trinajstić information content (AvgIpc) is 3.08. The van der Waals surface area contributed by atoms with Gasteiger partial charge >= 0.3 is 0 Å². The normalized spacial score (nSPS) is 11.0. The Morgan fingerprint density at radius 3 is 2.65 bits per heavy atom. The summed E-state index contributed by atoms with van der Waals surface area (Å²) in [5.74, 6) is -0.0636. The predicted molar refractivity (Wildman–Crippen MR) is 107 cm³/mol. The molecule has 0 saturated heterocycles. The van der Waals surface area contributed by atoms with E-state index in [1.807, 2.05) is 55.5 Å². The van der Waals surface area contributed by atoms with Gasteiger partial charge in [0.1, 0.15) is 5.65 Å². The highest BCUT2D eigenvalue weighted by molar-refractivity contribution is 6.15. The molecular weight excluding hydrogens is 326 g/mol. The maximum Gasteiger partial charge on any atom is 0.194 e. The van der Waals surface area contributed by atoms with Gasteiger partial charge in [-0.15, -0.1) is 0 Å². The zero-order valence-corrected chi connectivity index (χ0v) is 15.1. The first-order valence-electron chi connectivity index (χ1n) is 8.19. The minimum Gasteiger partial charge on any atom is -0.378 e. The molecule has 2 N–H and O–H groups in total. The molecule has 3 aromatic rings. The quantitative estimate of drug-likeness (QED) is 0.408. The maximum atomic E-state index is 12.8. The number of carbonyl (C=O) groups is 1. The summed E-state index contributed by atoms with van der Waals surface area (Å²) >= 11 is 0. The van der Waals surface area contributed by atoms with Gasteiger partial charge in [-0.3, -0.25) is 4.79 Å². The predicted octanol–water partition coefficient (Wildman–Crippen LogP) is 3.08. The van der Waals surface area contributed by atoms with Crippen LogP contribution in [0.15, 0.2) is 54.4 Å². The molecule has 0 amide bonds. The largest absolute Gasteiger partial charge is 0.378 e. The smallest absolute Gasteiger partial charge is 0.194 e. The number of pyridine rings is 1. The molecular formula is C20H21N5O. The Kier molecular flexibility index (Phi) is 4.84. The van der Waals surface area contributed by atoms with E-state index in [1.165, 1.54) is 0 Å². The first-order valence-corrected chi connectivity index (χ1v) is 8.19. The molecule has 0 saturated carbocycles. The van der Waals surface area contributed by atoms with Gasteiger partial charge in [0.25, 0.3) is 0 Å². The molecule has 0 atom stereocenters. The molecule has 0 aliphatic heterocycles. The van der Waals surface area contributed by atoms with Crippen molar-refractivity contribution in [2.45, 2.75) is 0 Å².